The Kier molecular flexibility index (Phi) is 4.47. The SMILES string of the molecule is COc1cc(CC(N)C(F)F)ccc1Br. The summed E-state index contributed by atoms with van der Waals surface area (Å²) in [5, 5.41) is 0. The van der Waals surface area contributed by atoms with Crippen molar-refractivity contribution in [1.82, 2.24) is 0 Å². The number of halogens is 3. The van der Waals surface area contributed by atoms with Gasteiger partial charge in [-0.3, -0.25) is 0 Å². The minimum atomic E-state index is -2.50. The van der Waals surface area contributed by atoms with E-state index in [2.05, 4.69) is 15.9 Å². The van der Waals surface area contributed by atoms with Crippen LogP contribution in [0.1, 0.15) is 5.56 Å². The zero-order valence-electron chi connectivity index (χ0n) is 8.21. The Balaban J connectivity index is 2.78. The standard InChI is InChI=1S/C10H12BrF2NO/c1-15-9-5-6(2-3-7(9)11)4-8(14)10(12)13/h2-3,5,8,10H,4,14H2,1H3. The predicted molar refractivity (Wildman–Crippen MR) is 58.4 cm³/mol. The molecular formula is C10H12BrF2NO. The third-order valence-electron chi connectivity index (χ3n) is 2.01. The van der Waals surface area contributed by atoms with E-state index < -0.39 is 12.5 Å². The van der Waals surface area contributed by atoms with E-state index in [1.165, 1.54) is 7.11 Å². The zero-order chi connectivity index (χ0) is 11.4. The molecule has 1 rings (SSSR count). The van der Waals surface area contributed by atoms with Crippen molar-refractivity contribution in [3.63, 3.8) is 0 Å². The first kappa shape index (κ1) is 12.4. The van der Waals surface area contributed by atoms with Crippen molar-refractivity contribution < 1.29 is 13.5 Å². The van der Waals surface area contributed by atoms with E-state index in [1.54, 1.807) is 18.2 Å². The maximum atomic E-state index is 12.2. The number of benzene rings is 1. The van der Waals surface area contributed by atoms with Gasteiger partial charge in [-0.2, -0.15) is 0 Å². The van der Waals surface area contributed by atoms with Crippen molar-refractivity contribution in [2.75, 3.05) is 7.11 Å². The molecule has 5 heteroatoms. The molecule has 2 nitrogen and oxygen atoms in total. The molecule has 0 aliphatic rings. The number of ether oxygens (including phenoxy) is 1. The summed E-state index contributed by atoms with van der Waals surface area (Å²) >= 11 is 3.28. The van der Waals surface area contributed by atoms with Gasteiger partial charge in [0.05, 0.1) is 17.6 Å². The average Bonchev–Trinajstić information content (AvgIpc) is 2.20. The Hall–Kier alpha value is -0.680. The number of hydrogen-bond acceptors (Lipinski definition) is 2. The topological polar surface area (TPSA) is 35.2 Å². The fourth-order valence-corrected chi connectivity index (χ4v) is 1.60. The van der Waals surface area contributed by atoms with Gasteiger partial charge in [-0.15, -0.1) is 0 Å². The van der Waals surface area contributed by atoms with Crippen molar-refractivity contribution in [2.45, 2.75) is 18.9 Å². The van der Waals surface area contributed by atoms with Gasteiger partial charge in [0.15, 0.2) is 0 Å². The number of rotatable bonds is 4. The zero-order valence-corrected chi connectivity index (χ0v) is 9.80. The molecule has 0 radical (unpaired) electrons. The summed E-state index contributed by atoms with van der Waals surface area (Å²) in [6.07, 6.45) is -2.36. The fourth-order valence-electron chi connectivity index (χ4n) is 1.19. The highest BCUT2D eigenvalue weighted by Gasteiger charge is 2.16. The van der Waals surface area contributed by atoms with Crippen LogP contribution in [0, 0.1) is 0 Å². The monoisotopic (exact) mass is 279 g/mol. The van der Waals surface area contributed by atoms with E-state index in [9.17, 15) is 8.78 Å². The van der Waals surface area contributed by atoms with Crippen molar-refractivity contribution in [3.8, 4) is 5.75 Å². The molecule has 0 aliphatic heterocycles. The molecule has 1 aromatic rings. The molecule has 1 atom stereocenters. The quantitative estimate of drug-likeness (QED) is 0.920. The first-order chi connectivity index (χ1) is 7.04. The van der Waals surface area contributed by atoms with Crippen LogP contribution in [0.4, 0.5) is 8.78 Å². The van der Waals surface area contributed by atoms with E-state index in [0.717, 1.165) is 10.0 Å². The Morgan fingerprint density at radius 1 is 1.47 bits per heavy atom. The number of nitrogens with two attached hydrogens (primary N) is 1. The molecular weight excluding hydrogens is 268 g/mol. The molecule has 2 N–H and O–H groups in total. The van der Waals surface area contributed by atoms with E-state index in [1.807, 2.05) is 0 Å². The van der Waals surface area contributed by atoms with Gasteiger partial charge in [0, 0.05) is 0 Å². The van der Waals surface area contributed by atoms with Gasteiger partial charge in [-0.25, -0.2) is 8.78 Å². The minimum absolute atomic E-state index is 0.140. The summed E-state index contributed by atoms with van der Waals surface area (Å²) in [5.41, 5.74) is 6.01. The molecule has 0 amide bonds. The molecule has 0 spiro atoms. The van der Waals surface area contributed by atoms with Crippen molar-refractivity contribution in [2.24, 2.45) is 5.73 Å². The smallest absolute Gasteiger partial charge is 0.253 e. The molecule has 0 saturated heterocycles. The van der Waals surface area contributed by atoms with Crippen LogP contribution >= 0.6 is 15.9 Å². The molecule has 0 bridgehead atoms. The molecule has 1 aromatic carbocycles. The van der Waals surface area contributed by atoms with Crippen LogP contribution in [0.3, 0.4) is 0 Å². The molecule has 0 saturated carbocycles. The normalized spacial score (nSPS) is 12.9. The summed E-state index contributed by atoms with van der Waals surface area (Å²) in [7, 11) is 1.52. The largest absolute Gasteiger partial charge is 0.496 e. The Labute approximate surface area is 95.5 Å². The second kappa shape index (κ2) is 5.42. The van der Waals surface area contributed by atoms with Crippen molar-refractivity contribution in [3.05, 3.63) is 28.2 Å². The molecule has 84 valence electrons. The summed E-state index contributed by atoms with van der Waals surface area (Å²) in [4.78, 5) is 0. The van der Waals surface area contributed by atoms with E-state index in [0.29, 0.717) is 5.75 Å². The van der Waals surface area contributed by atoms with Crippen LogP contribution < -0.4 is 10.5 Å². The van der Waals surface area contributed by atoms with Crippen LogP contribution in [0.15, 0.2) is 22.7 Å². The first-order valence-electron chi connectivity index (χ1n) is 4.40. The number of methoxy groups -OCH3 is 1. The van der Waals surface area contributed by atoms with Crippen molar-refractivity contribution in [1.29, 1.82) is 0 Å². The summed E-state index contributed by atoms with van der Waals surface area (Å²) < 4.78 is 30.3. The van der Waals surface area contributed by atoms with Crippen LogP contribution in [0.2, 0.25) is 0 Å². The lowest BCUT2D eigenvalue weighted by atomic mass is 10.1. The van der Waals surface area contributed by atoms with Crippen LogP contribution in [0.25, 0.3) is 0 Å². The lowest BCUT2D eigenvalue weighted by Crippen LogP contribution is -2.30. The minimum Gasteiger partial charge on any atom is -0.496 e. The van der Waals surface area contributed by atoms with E-state index >= 15 is 0 Å². The first-order valence-corrected chi connectivity index (χ1v) is 5.20. The highest BCUT2D eigenvalue weighted by molar-refractivity contribution is 9.10. The number of alkyl halides is 2. The summed E-state index contributed by atoms with van der Waals surface area (Å²) in [6, 6.07) is 4.07. The Morgan fingerprint density at radius 3 is 2.67 bits per heavy atom. The van der Waals surface area contributed by atoms with Gasteiger partial charge in [-0.05, 0) is 40.0 Å². The average molecular weight is 280 g/mol. The third-order valence-corrected chi connectivity index (χ3v) is 2.67. The third kappa shape index (κ3) is 3.43. The van der Waals surface area contributed by atoms with Gasteiger partial charge in [0.25, 0.3) is 6.43 Å². The van der Waals surface area contributed by atoms with Gasteiger partial charge >= 0.3 is 0 Å². The van der Waals surface area contributed by atoms with Crippen LogP contribution in [-0.2, 0) is 6.42 Å². The molecule has 0 heterocycles. The Bertz CT molecular complexity index is 333. The molecule has 1 unspecified atom stereocenters. The lowest BCUT2D eigenvalue weighted by molar-refractivity contribution is 0.116. The lowest BCUT2D eigenvalue weighted by Gasteiger charge is -2.11. The second-order valence-corrected chi connectivity index (χ2v) is 4.03. The van der Waals surface area contributed by atoms with E-state index in [-0.39, 0.29) is 6.42 Å². The second-order valence-electron chi connectivity index (χ2n) is 3.17. The maximum Gasteiger partial charge on any atom is 0.253 e. The molecule has 0 aliphatic carbocycles. The van der Waals surface area contributed by atoms with Gasteiger partial charge < -0.3 is 10.5 Å². The Morgan fingerprint density at radius 2 is 2.13 bits per heavy atom. The van der Waals surface area contributed by atoms with Crippen LogP contribution in [-0.4, -0.2) is 19.6 Å². The van der Waals surface area contributed by atoms with Crippen molar-refractivity contribution >= 4 is 15.9 Å². The highest BCUT2D eigenvalue weighted by atomic mass is 79.9. The molecule has 0 fully saturated rings. The van der Waals surface area contributed by atoms with E-state index in [4.69, 9.17) is 10.5 Å². The predicted octanol–water partition coefficient (Wildman–Crippen LogP) is 2.59. The van der Waals surface area contributed by atoms with Gasteiger partial charge in [0.2, 0.25) is 0 Å². The maximum absolute atomic E-state index is 12.2. The van der Waals surface area contributed by atoms with Crippen LogP contribution in [0.5, 0.6) is 5.75 Å². The molecule has 0 aromatic heterocycles. The van der Waals surface area contributed by atoms with Gasteiger partial charge in [0.1, 0.15) is 5.75 Å². The van der Waals surface area contributed by atoms with Gasteiger partial charge in [-0.1, -0.05) is 6.07 Å². The molecule has 15 heavy (non-hydrogen) atoms. The summed E-state index contributed by atoms with van der Waals surface area (Å²) in [5.74, 6) is 0.619. The fraction of sp³-hybridized carbons (Fsp3) is 0.400. The highest BCUT2D eigenvalue weighted by Crippen LogP contribution is 2.26. The summed E-state index contributed by atoms with van der Waals surface area (Å²) in [6.45, 7) is 0. The number of hydrogen-bond donors (Lipinski definition) is 1.